The molecule has 0 aliphatic carbocycles. The third kappa shape index (κ3) is 1.81. The second-order valence-electron chi connectivity index (χ2n) is 3.88. The van der Waals surface area contributed by atoms with Crippen LogP contribution in [0.4, 0.5) is 5.69 Å². The summed E-state index contributed by atoms with van der Waals surface area (Å²) >= 11 is 0. The molecule has 84 valence electrons. The number of allylic oxidation sites excluding steroid dienone is 1. The highest BCUT2D eigenvalue weighted by molar-refractivity contribution is 6.03. The first-order valence-corrected chi connectivity index (χ1v) is 5.49. The van der Waals surface area contributed by atoms with Gasteiger partial charge in [0.25, 0.3) is 5.91 Å². The molecule has 3 heteroatoms. The maximum Gasteiger partial charge on any atom is 0.250 e. The summed E-state index contributed by atoms with van der Waals surface area (Å²) in [5, 5.41) is 9.83. The Bertz CT molecular complexity index is 438. The predicted molar refractivity (Wildman–Crippen MR) is 63.6 cm³/mol. The molecule has 1 aromatic rings. The van der Waals surface area contributed by atoms with Crippen molar-refractivity contribution in [1.29, 1.82) is 0 Å². The van der Waals surface area contributed by atoms with Gasteiger partial charge in [-0.15, -0.1) is 0 Å². The lowest BCUT2D eigenvalue weighted by atomic mass is 10.0. The Hall–Kier alpha value is -1.77. The van der Waals surface area contributed by atoms with Crippen molar-refractivity contribution in [3.05, 3.63) is 35.9 Å². The van der Waals surface area contributed by atoms with Crippen molar-refractivity contribution in [2.45, 2.75) is 19.8 Å². The third-order valence-electron chi connectivity index (χ3n) is 2.77. The topological polar surface area (TPSA) is 40.5 Å². The minimum atomic E-state index is -0.0649. The van der Waals surface area contributed by atoms with Crippen LogP contribution in [-0.4, -0.2) is 17.6 Å². The number of hydrogen-bond donors (Lipinski definition) is 1. The van der Waals surface area contributed by atoms with Gasteiger partial charge in [-0.3, -0.25) is 4.79 Å². The molecule has 3 nitrogen and oxygen atoms in total. The van der Waals surface area contributed by atoms with Crippen molar-refractivity contribution in [2.75, 3.05) is 11.4 Å². The summed E-state index contributed by atoms with van der Waals surface area (Å²) in [7, 11) is 0. The van der Waals surface area contributed by atoms with E-state index < -0.39 is 0 Å². The molecular formula is C13H15NO2. The molecule has 2 rings (SSSR count). The van der Waals surface area contributed by atoms with Crippen LogP contribution in [0, 0.1) is 0 Å². The zero-order valence-electron chi connectivity index (χ0n) is 9.31. The summed E-state index contributed by atoms with van der Waals surface area (Å²) < 4.78 is 0. The quantitative estimate of drug-likeness (QED) is 0.733. The fourth-order valence-electron chi connectivity index (χ4n) is 2.08. The lowest BCUT2D eigenvalue weighted by Gasteiger charge is -2.29. The fraction of sp³-hybridized carbons (Fsp3) is 0.308. The molecule has 0 saturated carbocycles. The molecule has 1 heterocycles. The first-order chi connectivity index (χ1) is 7.74. The number of benzene rings is 1. The van der Waals surface area contributed by atoms with Crippen LogP contribution in [0.2, 0.25) is 0 Å². The molecule has 0 fully saturated rings. The van der Waals surface area contributed by atoms with Crippen LogP contribution >= 0.6 is 0 Å². The molecule has 0 bridgehead atoms. The third-order valence-corrected chi connectivity index (χ3v) is 2.77. The van der Waals surface area contributed by atoms with Gasteiger partial charge >= 0.3 is 0 Å². The van der Waals surface area contributed by atoms with Gasteiger partial charge in [-0.2, -0.15) is 0 Å². The molecular weight excluding hydrogens is 202 g/mol. The summed E-state index contributed by atoms with van der Waals surface area (Å²) in [4.78, 5) is 13.5. The molecule has 1 amide bonds. The predicted octanol–water partition coefficient (Wildman–Crippen LogP) is 2.25. The van der Waals surface area contributed by atoms with E-state index in [-0.39, 0.29) is 11.7 Å². The molecule has 0 radical (unpaired) electrons. The Morgan fingerprint density at radius 2 is 2.31 bits per heavy atom. The van der Waals surface area contributed by atoms with Gasteiger partial charge in [0.15, 0.2) is 0 Å². The number of carbonyl (C=O) groups excluding carboxylic acids is 1. The van der Waals surface area contributed by atoms with Crippen LogP contribution in [0.3, 0.4) is 0 Å². The van der Waals surface area contributed by atoms with E-state index in [4.69, 9.17) is 0 Å². The van der Waals surface area contributed by atoms with Gasteiger partial charge in [0.1, 0.15) is 5.75 Å². The molecule has 0 atom stereocenters. The Balaban J connectivity index is 2.43. The lowest BCUT2D eigenvalue weighted by molar-refractivity contribution is -0.114. The highest BCUT2D eigenvalue weighted by atomic mass is 16.3. The van der Waals surface area contributed by atoms with Gasteiger partial charge in [-0.1, -0.05) is 18.2 Å². The Morgan fingerprint density at radius 3 is 3.06 bits per heavy atom. The average Bonchev–Trinajstić information content (AvgIpc) is 2.29. The highest BCUT2D eigenvalue weighted by Crippen LogP contribution is 2.35. The largest absolute Gasteiger partial charge is 0.506 e. The number of hydrogen-bond acceptors (Lipinski definition) is 2. The van der Waals surface area contributed by atoms with Crippen LogP contribution < -0.4 is 4.90 Å². The molecule has 0 unspecified atom stereocenters. The number of phenols is 1. The van der Waals surface area contributed by atoms with Crippen molar-refractivity contribution in [1.82, 2.24) is 0 Å². The molecule has 1 N–H and O–H groups in total. The van der Waals surface area contributed by atoms with E-state index in [1.165, 1.54) is 6.08 Å². The van der Waals surface area contributed by atoms with E-state index in [0.29, 0.717) is 12.2 Å². The van der Waals surface area contributed by atoms with Crippen molar-refractivity contribution in [3.8, 4) is 5.75 Å². The number of phenolic OH excluding ortho intramolecular Hbond substituents is 1. The molecule has 1 aliphatic heterocycles. The number of carbonyl (C=O) groups is 1. The van der Waals surface area contributed by atoms with E-state index in [0.717, 1.165) is 18.4 Å². The summed E-state index contributed by atoms with van der Waals surface area (Å²) in [6, 6.07) is 5.40. The zero-order chi connectivity index (χ0) is 11.5. The highest BCUT2D eigenvalue weighted by Gasteiger charge is 2.23. The molecule has 1 aliphatic rings. The Morgan fingerprint density at radius 1 is 1.50 bits per heavy atom. The summed E-state index contributed by atoms with van der Waals surface area (Å²) in [6.45, 7) is 2.49. The van der Waals surface area contributed by atoms with Gasteiger partial charge in [-0.05, 0) is 37.5 Å². The number of para-hydroxylation sites is 1. The Labute approximate surface area is 95.0 Å². The summed E-state index contributed by atoms with van der Waals surface area (Å²) in [5.74, 6) is 0.125. The van der Waals surface area contributed by atoms with E-state index in [2.05, 4.69) is 0 Å². The van der Waals surface area contributed by atoms with Gasteiger partial charge in [0.05, 0.1) is 5.69 Å². The second-order valence-corrected chi connectivity index (χ2v) is 3.88. The van der Waals surface area contributed by atoms with Gasteiger partial charge in [-0.25, -0.2) is 0 Å². The number of nitrogens with zero attached hydrogens (tertiary/aromatic N) is 1. The number of amides is 1. The van der Waals surface area contributed by atoms with Crippen LogP contribution in [0.5, 0.6) is 5.75 Å². The number of rotatable bonds is 1. The fourth-order valence-corrected chi connectivity index (χ4v) is 2.08. The van der Waals surface area contributed by atoms with Crippen molar-refractivity contribution in [2.24, 2.45) is 0 Å². The molecule has 1 aromatic carbocycles. The van der Waals surface area contributed by atoms with Gasteiger partial charge in [0, 0.05) is 6.54 Å². The SMILES string of the molecule is CC=CC(=O)N1CCCc2cccc(O)c21. The summed E-state index contributed by atoms with van der Waals surface area (Å²) in [5.41, 5.74) is 1.72. The van der Waals surface area contributed by atoms with E-state index >= 15 is 0 Å². The second kappa shape index (κ2) is 4.39. The van der Waals surface area contributed by atoms with E-state index in [1.807, 2.05) is 19.1 Å². The Kier molecular flexibility index (Phi) is 2.95. The van der Waals surface area contributed by atoms with Crippen molar-refractivity contribution < 1.29 is 9.90 Å². The first-order valence-electron chi connectivity index (χ1n) is 5.49. The van der Waals surface area contributed by atoms with Gasteiger partial charge in [0.2, 0.25) is 0 Å². The number of anilines is 1. The molecule has 0 aromatic heterocycles. The number of fused-ring (bicyclic) bond motifs is 1. The van der Waals surface area contributed by atoms with Crippen LogP contribution in [-0.2, 0) is 11.2 Å². The van der Waals surface area contributed by atoms with Crippen LogP contribution in [0.15, 0.2) is 30.4 Å². The molecule has 0 spiro atoms. The van der Waals surface area contributed by atoms with Crippen LogP contribution in [0.1, 0.15) is 18.9 Å². The van der Waals surface area contributed by atoms with Crippen LogP contribution in [0.25, 0.3) is 0 Å². The minimum Gasteiger partial charge on any atom is -0.506 e. The lowest BCUT2D eigenvalue weighted by Crippen LogP contribution is -2.34. The number of aryl methyl sites for hydroxylation is 1. The monoisotopic (exact) mass is 217 g/mol. The van der Waals surface area contributed by atoms with Crippen molar-refractivity contribution in [3.63, 3.8) is 0 Å². The van der Waals surface area contributed by atoms with Gasteiger partial charge < -0.3 is 10.0 Å². The summed E-state index contributed by atoms with van der Waals surface area (Å²) in [6.07, 6.45) is 5.11. The average molecular weight is 217 g/mol. The smallest absolute Gasteiger partial charge is 0.250 e. The van der Waals surface area contributed by atoms with E-state index in [1.54, 1.807) is 17.0 Å². The standard InChI is InChI=1S/C13H15NO2/c1-2-5-12(16)14-9-4-7-10-6-3-8-11(15)13(10)14/h2-3,5-6,8,15H,4,7,9H2,1H3. The van der Waals surface area contributed by atoms with E-state index in [9.17, 15) is 9.90 Å². The molecule has 0 saturated heterocycles. The minimum absolute atomic E-state index is 0.0649. The maximum absolute atomic E-state index is 11.8. The zero-order valence-corrected chi connectivity index (χ0v) is 9.31. The van der Waals surface area contributed by atoms with Crippen molar-refractivity contribution >= 4 is 11.6 Å². The maximum atomic E-state index is 11.8. The first kappa shape index (κ1) is 10.7. The molecule has 16 heavy (non-hydrogen) atoms. The normalized spacial score (nSPS) is 15.2. The number of aromatic hydroxyl groups is 1.